The van der Waals surface area contributed by atoms with Crippen LogP contribution < -0.4 is 10.2 Å². The van der Waals surface area contributed by atoms with Crippen molar-refractivity contribution >= 4 is 26.0 Å². The van der Waals surface area contributed by atoms with Crippen molar-refractivity contribution in [1.29, 1.82) is 0 Å². The molecule has 0 spiro atoms. The van der Waals surface area contributed by atoms with Crippen LogP contribution in [0.3, 0.4) is 0 Å². The van der Waals surface area contributed by atoms with E-state index in [0.29, 0.717) is 36.4 Å². The summed E-state index contributed by atoms with van der Waals surface area (Å²) in [5.74, 6) is 1.72. The Bertz CT molecular complexity index is 961. The van der Waals surface area contributed by atoms with Gasteiger partial charge in [0.05, 0.1) is 24.8 Å². The fourth-order valence-corrected chi connectivity index (χ4v) is 11.1. The fraction of sp³-hybridized carbons (Fsp3) is 0.571. The molecule has 0 fully saturated rings. The van der Waals surface area contributed by atoms with E-state index in [1.165, 1.54) is 5.56 Å². The minimum Gasteiger partial charge on any atom is -0.414 e. The van der Waals surface area contributed by atoms with E-state index in [0.717, 1.165) is 23.7 Å². The van der Waals surface area contributed by atoms with E-state index >= 15 is 0 Å². The van der Waals surface area contributed by atoms with Crippen LogP contribution in [0.15, 0.2) is 42.7 Å². The fourth-order valence-electron chi connectivity index (χ4n) is 5.60. The molecule has 2 aromatic rings. The van der Waals surface area contributed by atoms with Crippen LogP contribution in [0.4, 0.5) is 11.6 Å². The number of benzene rings is 1. The third kappa shape index (κ3) is 6.53. The molecular formula is C28H45N5O2Si. The second kappa shape index (κ2) is 12.8. The lowest BCUT2D eigenvalue weighted by molar-refractivity contribution is -0.160. The molecule has 1 aliphatic rings. The van der Waals surface area contributed by atoms with Gasteiger partial charge in [-0.1, -0.05) is 78.0 Å². The number of hydrogen-bond acceptors (Lipinski definition) is 7. The Morgan fingerprint density at radius 3 is 2.39 bits per heavy atom. The minimum atomic E-state index is -1.98. The van der Waals surface area contributed by atoms with Gasteiger partial charge in [-0.2, -0.15) is 5.06 Å². The number of nitrogens with one attached hydrogen (secondary N) is 1. The highest BCUT2D eigenvalue weighted by Gasteiger charge is 2.45. The van der Waals surface area contributed by atoms with Gasteiger partial charge in [0.15, 0.2) is 8.32 Å². The molecule has 8 heteroatoms. The summed E-state index contributed by atoms with van der Waals surface area (Å²) in [6.07, 6.45) is 5.72. The van der Waals surface area contributed by atoms with Crippen molar-refractivity contribution in [3.63, 3.8) is 0 Å². The van der Waals surface area contributed by atoms with Crippen molar-refractivity contribution in [3.05, 3.63) is 53.9 Å². The standard InChI is InChI=1S/C28H45N5O2Si/c1-21(2)36(22(3)4,23(5)6)35-19-25-17-29-27-26(15-12-16-34-33(25)8)28(31-20-30-27)32(7)18-24-13-10-9-11-14-24/h9-15,20-23,25H,16-19H2,1-8H3,(H,29,30,31)/b15-12+/t25-/m1/s1. The molecule has 198 valence electrons. The highest BCUT2D eigenvalue weighted by molar-refractivity contribution is 6.77. The first-order chi connectivity index (χ1) is 17.2. The zero-order valence-electron chi connectivity index (χ0n) is 23.4. The second-order valence-corrected chi connectivity index (χ2v) is 16.2. The van der Waals surface area contributed by atoms with Crippen LogP contribution >= 0.6 is 0 Å². The monoisotopic (exact) mass is 511 g/mol. The van der Waals surface area contributed by atoms with E-state index in [9.17, 15) is 0 Å². The van der Waals surface area contributed by atoms with Gasteiger partial charge < -0.3 is 14.6 Å². The van der Waals surface area contributed by atoms with E-state index in [1.807, 2.05) is 24.3 Å². The molecule has 0 amide bonds. The molecule has 1 aromatic carbocycles. The number of aromatic nitrogens is 2. The van der Waals surface area contributed by atoms with Crippen LogP contribution in [0.1, 0.15) is 52.7 Å². The van der Waals surface area contributed by atoms with Gasteiger partial charge in [-0.3, -0.25) is 4.84 Å². The topological polar surface area (TPSA) is 62.8 Å². The van der Waals surface area contributed by atoms with E-state index < -0.39 is 8.32 Å². The summed E-state index contributed by atoms with van der Waals surface area (Å²) in [4.78, 5) is 17.5. The molecule has 0 bridgehead atoms. The number of hydroxylamine groups is 2. The molecule has 1 atom stereocenters. The van der Waals surface area contributed by atoms with Gasteiger partial charge in [0.25, 0.3) is 0 Å². The molecule has 3 rings (SSSR count). The van der Waals surface area contributed by atoms with Crippen molar-refractivity contribution in [2.75, 3.05) is 44.1 Å². The van der Waals surface area contributed by atoms with Crippen molar-refractivity contribution in [3.8, 4) is 0 Å². The highest BCUT2D eigenvalue weighted by atomic mass is 28.4. The number of likely N-dealkylation sites (N-methyl/N-ethyl adjacent to an activating group) is 1. The van der Waals surface area contributed by atoms with E-state index in [2.05, 4.69) is 99.1 Å². The number of fused-ring (bicyclic) bond motifs is 1. The van der Waals surface area contributed by atoms with Gasteiger partial charge in [-0.25, -0.2) is 9.97 Å². The Balaban J connectivity index is 1.81. The van der Waals surface area contributed by atoms with Crippen LogP contribution in [-0.4, -0.2) is 63.2 Å². The molecule has 0 unspecified atom stereocenters. The lowest BCUT2D eigenvalue weighted by atomic mass is 10.2. The first kappa shape index (κ1) is 28.3. The summed E-state index contributed by atoms with van der Waals surface area (Å²) in [5.41, 5.74) is 3.82. The average Bonchev–Trinajstić information content (AvgIpc) is 2.84. The Morgan fingerprint density at radius 1 is 1.08 bits per heavy atom. The third-order valence-corrected chi connectivity index (χ3v) is 13.5. The molecule has 7 nitrogen and oxygen atoms in total. The van der Waals surface area contributed by atoms with Crippen LogP contribution in [-0.2, 0) is 15.8 Å². The Labute approximate surface area is 219 Å². The Kier molecular flexibility index (Phi) is 10.1. The van der Waals surface area contributed by atoms with E-state index in [-0.39, 0.29) is 6.04 Å². The van der Waals surface area contributed by atoms with Gasteiger partial charge in [0, 0.05) is 27.2 Å². The summed E-state index contributed by atoms with van der Waals surface area (Å²) in [6, 6.07) is 10.5. The summed E-state index contributed by atoms with van der Waals surface area (Å²) in [6.45, 7) is 16.5. The SMILES string of the molecule is CC(C)[Si](OC[C@H]1CNc2ncnc(N(C)Cc3ccccc3)c2/C=C/CON1C)(C(C)C)C(C)C. The molecule has 2 heterocycles. The lowest BCUT2D eigenvalue weighted by Crippen LogP contribution is -2.51. The smallest absolute Gasteiger partial charge is 0.200 e. The van der Waals surface area contributed by atoms with Crippen molar-refractivity contribution in [1.82, 2.24) is 15.0 Å². The van der Waals surface area contributed by atoms with Crippen LogP contribution in [0.25, 0.3) is 6.08 Å². The summed E-state index contributed by atoms with van der Waals surface area (Å²) in [5, 5.41) is 5.52. The zero-order valence-corrected chi connectivity index (χ0v) is 24.4. The van der Waals surface area contributed by atoms with Crippen LogP contribution in [0.2, 0.25) is 16.6 Å². The number of nitrogens with zero attached hydrogens (tertiary/aromatic N) is 4. The van der Waals surface area contributed by atoms with Gasteiger partial charge >= 0.3 is 0 Å². The molecule has 1 aromatic heterocycles. The number of rotatable bonds is 9. The highest BCUT2D eigenvalue weighted by Crippen LogP contribution is 2.42. The van der Waals surface area contributed by atoms with Gasteiger partial charge in [-0.15, -0.1) is 0 Å². The normalized spacial score (nSPS) is 18.2. The minimum absolute atomic E-state index is 0.0490. The predicted octanol–water partition coefficient (Wildman–Crippen LogP) is 5.98. The summed E-state index contributed by atoms with van der Waals surface area (Å²) >= 11 is 0. The number of anilines is 2. The van der Waals surface area contributed by atoms with Crippen LogP contribution in [0.5, 0.6) is 0 Å². The molecule has 0 saturated carbocycles. The van der Waals surface area contributed by atoms with Crippen LogP contribution in [0, 0.1) is 0 Å². The van der Waals surface area contributed by atoms with Gasteiger partial charge in [0.2, 0.25) is 0 Å². The molecule has 0 radical (unpaired) electrons. The third-order valence-electron chi connectivity index (χ3n) is 7.40. The Morgan fingerprint density at radius 2 is 1.75 bits per heavy atom. The molecule has 1 N–H and O–H groups in total. The summed E-state index contributed by atoms with van der Waals surface area (Å²) in [7, 11) is 2.08. The molecule has 0 aliphatic carbocycles. The quantitative estimate of drug-likeness (QED) is 0.416. The molecular weight excluding hydrogens is 466 g/mol. The summed E-state index contributed by atoms with van der Waals surface area (Å²) < 4.78 is 6.93. The first-order valence-electron chi connectivity index (χ1n) is 13.2. The molecule has 36 heavy (non-hydrogen) atoms. The van der Waals surface area contributed by atoms with Gasteiger partial charge in [-0.05, 0) is 28.3 Å². The zero-order chi connectivity index (χ0) is 26.3. The largest absolute Gasteiger partial charge is 0.414 e. The predicted molar refractivity (Wildman–Crippen MR) is 153 cm³/mol. The maximum atomic E-state index is 6.93. The maximum Gasteiger partial charge on any atom is 0.200 e. The van der Waals surface area contributed by atoms with E-state index in [1.54, 1.807) is 6.33 Å². The van der Waals surface area contributed by atoms with Gasteiger partial charge in [0.1, 0.15) is 18.0 Å². The van der Waals surface area contributed by atoms with Crippen molar-refractivity contribution < 1.29 is 9.26 Å². The lowest BCUT2D eigenvalue weighted by Gasteiger charge is -2.43. The second-order valence-electron chi connectivity index (χ2n) is 10.7. The average molecular weight is 512 g/mol. The molecule has 0 saturated heterocycles. The van der Waals surface area contributed by atoms with E-state index in [4.69, 9.17) is 9.26 Å². The molecule has 1 aliphatic heterocycles. The first-order valence-corrected chi connectivity index (χ1v) is 15.3. The van der Waals surface area contributed by atoms with Crippen molar-refractivity contribution in [2.24, 2.45) is 0 Å². The number of hydrogen-bond donors (Lipinski definition) is 1. The maximum absolute atomic E-state index is 6.93. The van der Waals surface area contributed by atoms with Crippen molar-refractivity contribution in [2.45, 2.75) is 70.8 Å². The Hall–Kier alpha value is -2.26.